The van der Waals surface area contributed by atoms with Crippen molar-refractivity contribution in [2.75, 3.05) is 33.4 Å². The van der Waals surface area contributed by atoms with Crippen molar-refractivity contribution in [3.63, 3.8) is 0 Å². The summed E-state index contributed by atoms with van der Waals surface area (Å²) in [5, 5.41) is 0. The molecule has 1 aromatic carbocycles. The van der Waals surface area contributed by atoms with Gasteiger partial charge in [-0.05, 0) is 42.7 Å². The van der Waals surface area contributed by atoms with Crippen molar-refractivity contribution >= 4 is 38.9 Å². The van der Waals surface area contributed by atoms with Gasteiger partial charge in [0.15, 0.2) is 11.5 Å². The van der Waals surface area contributed by atoms with Gasteiger partial charge in [-0.25, -0.2) is 8.42 Å². The topological polar surface area (TPSA) is 76.2 Å². The molecule has 2 aliphatic rings. The third kappa shape index (κ3) is 4.09. The maximum Gasteiger partial charge on any atom is 0.252 e. The molecule has 156 valence electrons. The monoisotopic (exact) mass is 456 g/mol. The van der Waals surface area contributed by atoms with Crippen LogP contribution in [0.3, 0.4) is 0 Å². The molecule has 4 rings (SSSR count). The van der Waals surface area contributed by atoms with Gasteiger partial charge in [-0.15, -0.1) is 11.3 Å². The molecule has 1 fully saturated rings. The highest BCUT2D eigenvalue weighted by Crippen LogP contribution is 2.38. The molecule has 7 nitrogen and oxygen atoms in total. The first-order valence-corrected chi connectivity index (χ1v) is 11.9. The SMILES string of the molecule is CN(CC(=O)N1CCCC1c1ccc2c(c1)OCCO2)S(=O)(=O)c1ccc(Cl)s1. The fourth-order valence-corrected chi connectivity index (χ4v) is 6.45. The van der Waals surface area contributed by atoms with Crippen LogP contribution in [0.1, 0.15) is 24.4 Å². The minimum atomic E-state index is -3.75. The first-order chi connectivity index (χ1) is 13.9. The van der Waals surface area contributed by atoms with E-state index in [-0.39, 0.29) is 22.7 Å². The lowest BCUT2D eigenvalue weighted by Gasteiger charge is -2.28. The number of likely N-dealkylation sites (tertiary alicyclic amines) is 1. The number of carbonyl (C=O) groups is 1. The normalized spacial score (nSPS) is 19.0. The summed E-state index contributed by atoms with van der Waals surface area (Å²) in [5.41, 5.74) is 0.968. The molecule has 0 spiro atoms. The van der Waals surface area contributed by atoms with E-state index in [0.29, 0.717) is 35.6 Å². The molecule has 29 heavy (non-hydrogen) atoms. The molecule has 2 aromatic rings. The molecule has 3 heterocycles. The summed E-state index contributed by atoms with van der Waals surface area (Å²) in [6.45, 7) is 1.39. The molecular weight excluding hydrogens is 436 g/mol. The van der Waals surface area contributed by atoms with E-state index in [2.05, 4.69) is 0 Å². The second-order valence-electron chi connectivity index (χ2n) is 6.97. The van der Waals surface area contributed by atoms with Gasteiger partial charge >= 0.3 is 0 Å². The number of ether oxygens (including phenoxy) is 2. The second-order valence-corrected chi connectivity index (χ2v) is 11.0. The van der Waals surface area contributed by atoms with Gasteiger partial charge in [0.05, 0.1) is 16.9 Å². The van der Waals surface area contributed by atoms with Crippen molar-refractivity contribution in [3.8, 4) is 11.5 Å². The van der Waals surface area contributed by atoms with Gasteiger partial charge in [0.1, 0.15) is 17.4 Å². The quantitative estimate of drug-likeness (QED) is 0.690. The van der Waals surface area contributed by atoms with Gasteiger partial charge in [-0.1, -0.05) is 17.7 Å². The lowest BCUT2D eigenvalue weighted by Crippen LogP contribution is -2.40. The number of sulfonamides is 1. The number of fused-ring (bicyclic) bond motifs is 1. The minimum absolute atomic E-state index is 0.106. The third-order valence-electron chi connectivity index (χ3n) is 5.10. The van der Waals surface area contributed by atoms with Crippen molar-refractivity contribution < 1.29 is 22.7 Å². The average molecular weight is 457 g/mol. The highest BCUT2D eigenvalue weighted by Gasteiger charge is 2.33. The first-order valence-electron chi connectivity index (χ1n) is 9.27. The van der Waals surface area contributed by atoms with Crippen LogP contribution in [0.2, 0.25) is 4.34 Å². The van der Waals surface area contributed by atoms with Crippen LogP contribution in [0.25, 0.3) is 0 Å². The molecule has 1 unspecified atom stereocenters. The molecule has 1 atom stereocenters. The number of halogens is 1. The van der Waals surface area contributed by atoms with Gasteiger partial charge in [-0.2, -0.15) is 4.31 Å². The summed E-state index contributed by atoms with van der Waals surface area (Å²) in [4.78, 5) is 14.7. The van der Waals surface area contributed by atoms with Crippen molar-refractivity contribution in [2.24, 2.45) is 0 Å². The largest absolute Gasteiger partial charge is 0.486 e. The molecule has 1 aromatic heterocycles. The van der Waals surface area contributed by atoms with Crippen LogP contribution in [0.5, 0.6) is 11.5 Å². The van der Waals surface area contributed by atoms with E-state index in [1.165, 1.54) is 19.2 Å². The van der Waals surface area contributed by atoms with E-state index in [4.69, 9.17) is 21.1 Å². The summed E-state index contributed by atoms with van der Waals surface area (Å²) >= 11 is 6.84. The summed E-state index contributed by atoms with van der Waals surface area (Å²) in [6, 6.07) is 8.61. The zero-order valence-electron chi connectivity index (χ0n) is 15.8. The van der Waals surface area contributed by atoms with Crippen LogP contribution in [-0.2, 0) is 14.8 Å². The minimum Gasteiger partial charge on any atom is -0.486 e. The molecule has 0 bridgehead atoms. The number of carbonyl (C=O) groups excluding carboxylic acids is 1. The van der Waals surface area contributed by atoms with Crippen molar-refractivity contribution in [3.05, 3.63) is 40.2 Å². The smallest absolute Gasteiger partial charge is 0.252 e. The first kappa shape index (κ1) is 20.5. The Hall–Kier alpha value is -1.81. The van der Waals surface area contributed by atoms with Gasteiger partial charge < -0.3 is 14.4 Å². The van der Waals surface area contributed by atoms with Crippen LogP contribution >= 0.6 is 22.9 Å². The number of nitrogens with zero attached hydrogens (tertiary/aromatic N) is 2. The number of rotatable bonds is 5. The summed E-state index contributed by atoms with van der Waals surface area (Å²) < 4.78 is 38.2. The molecule has 1 saturated heterocycles. The Morgan fingerprint density at radius 3 is 2.72 bits per heavy atom. The van der Waals surface area contributed by atoms with Crippen LogP contribution < -0.4 is 9.47 Å². The molecule has 10 heteroatoms. The highest BCUT2D eigenvalue weighted by molar-refractivity contribution is 7.91. The number of hydrogen-bond donors (Lipinski definition) is 0. The highest BCUT2D eigenvalue weighted by atomic mass is 35.5. The van der Waals surface area contributed by atoms with Gasteiger partial charge in [-0.3, -0.25) is 4.79 Å². The molecular formula is C19H21ClN2O5S2. The molecule has 0 radical (unpaired) electrons. The van der Waals surface area contributed by atoms with Gasteiger partial charge in [0, 0.05) is 13.6 Å². The van der Waals surface area contributed by atoms with E-state index in [1.807, 2.05) is 18.2 Å². The van der Waals surface area contributed by atoms with E-state index >= 15 is 0 Å². The summed E-state index contributed by atoms with van der Waals surface area (Å²) in [5.74, 6) is 1.16. The molecule has 0 saturated carbocycles. The lowest BCUT2D eigenvalue weighted by atomic mass is 10.0. The Bertz CT molecular complexity index is 1020. The maximum atomic E-state index is 13.0. The summed E-state index contributed by atoms with van der Waals surface area (Å²) in [7, 11) is -2.34. The number of amides is 1. The zero-order valence-corrected chi connectivity index (χ0v) is 18.2. The Morgan fingerprint density at radius 2 is 2.00 bits per heavy atom. The Kier molecular flexibility index (Phi) is 5.74. The van der Waals surface area contributed by atoms with Crippen LogP contribution in [0, 0.1) is 0 Å². The molecule has 0 N–H and O–H groups in total. The molecule has 0 aliphatic carbocycles. The third-order valence-corrected chi connectivity index (χ3v) is 8.60. The van der Waals surface area contributed by atoms with Crippen LogP contribution in [0.4, 0.5) is 0 Å². The van der Waals surface area contributed by atoms with Crippen LogP contribution in [-0.4, -0.2) is 56.9 Å². The van der Waals surface area contributed by atoms with Crippen LogP contribution in [0.15, 0.2) is 34.5 Å². The van der Waals surface area contributed by atoms with E-state index in [9.17, 15) is 13.2 Å². The van der Waals surface area contributed by atoms with E-state index in [0.717, 1.165) is 34.0 Å². The Morgan fingerprint density at radius 1 is 1.24 bits per heavy atom. The maximum absolute atomic E-state index is 13.0. The van der Waals surface area contributed by atoms with Crippen molar-refractivity contribution in [1.29, 1.82) is 0 Å². The van der Waals surface area contributed by atoms with E-state index in [1.54, 1.807) is 4.90 Å². The number of hydrogen-bond acceptors (Lipinski definition) is 6. The zero-order chi connectivity index (χ0) is 20.6. The number of benzene rings is 1. The predicted molar refractivity (Wildman–Crippen MR) is 110 cm³/mol. The standard InChI is InChI=1S/C19H21ClN2O5S2/c1-21(29(24,25)19-7-6-17(20)28-19)12-18(23)22-8-2-3-14(22)13-4-5-15-16(11-13)27-10-9-26-15/h4-7,11,14H,2-3,8-10,12H2,1H3. The number of thiophene rings is 1. The average Bonchev–Trinajstić information content (AvgIpc) is 3.37. The molecule has 2 aliphatic heterocycles. The fourth-order valence-electron chi connectivity index (χ4n) is 3.64. The second kappa shape index (κ2) is 8.14. The fraction of sp³-hybridized carbons (Fsp3) is 0.421. The lowest BCUT2D eigenvalue weighted by molar-refractivity contribution is -0.132. The van der Waals surface area contributed by atoms with Gasteiger partial charge in [0.2, 0.25) is 5.91 Å². The van der Waals surface area contributed by atoms with Crippen molar-refractivity contribution in [2.45, 2.75) is 23.1 Å². The summed E-state index contributed by atoms with van der Waals surface area (Å²) in [6.07, 6.45) is 1.68. The predicted octanol–water partition coefficient (Wildman–Crippen LogP) is 3.16. The Labute approximate surface area is 178 Å². The Balaban J connectivity index is 1.49. The van der Waals surface area contributed by atoms with Crippen molar-refractivity contribution in [1.82, 2.24) is 9.21 Å². The van der Waals surface area contributed by atoms with E-state index < -0.39 is 10.0 Å². The van der Waals surface area contributed by atoms with Gasteiger partial charge in [0.25, 0.3) is 10.0 Å². The number of likely N-dealkylation sites (N-methyl/N-ethyl adjacent to an activating group) is 1. The molecule has 1 amide bonds.